The van der Waals surface area contributed by atoms with Gasteiger partial charge in [0.25, 0.3) is 5.56 Å². The fourth-order valence-corrected chi connectivity index (χ4v) is 3.16. The molecule has 0 saturated carbocycles. The minimum atomic E-state index is -0.312. The highest BCUT2D eigenvalue weighted by molar-refractivity contribution is 5.95. The van der Waals surface area contributed by atoms with Gasteiger partial charge in [0.05, 0.1) is 5.69 Å². The summed E-state index contributed by atoms with van der Waals surface area (Å²) in [5.41, 5.74) is 2.28. The number of aryl methyl sites for hydroxylation is 1. The van der Waals surface area contributed by atoms with E-state index in [9.17, 15) is 14.7 Å². The number of aromatic nitrogens is 4. The van der Waals surface area contributed by atoms with Crippen molar-refractivity contribution in [3.63, 3.8) is 0 Å². The van der Waals surface area contributed by atoms with Crippen LogP contribution in [-0.4, -0.2) is 31.0 Å². The quantitative estimate of drug-likeness (QED) is 0.655. The van der Waals surface area contributed by atoms with E-state index >= 15 is 0 Å². The summed E-state index contributed by atoms with van der Waals surface area (Å²) in [5, 5.41) is 23.2. The number of amides is 1. The number of fused-ring (bicyclic) bond motifs is 1. The Morgan fingerprint density at radius 3 is 2.60 bits per heavy atom. The summed E-state index contributed by atoms with van der Waals surface area (Å²) in [4.78, 5) is 23.5. The number of hydrogen-bond donors (Lipinski definition) is 3. The smallest absolute Gasteiger partial charge is 0.264 e. The van der Waals surface area contributed by atoms with Crippen LogP contribution in [-0.2, 0) is 4.79 Å². The minimum Gasteiger partial charge on any atom is -0.508 e. The van der Waals surface area contributed by atoms with Crippen LogP contribution in [0.25, 0.3) is 5.82 Å². The van der Waals surface area contributed by atoms with E-state index in [0.29, 0.717) is 18.1 Å². The summed E-state index contributed by atoms with van der Waals surface area (Å²) in [6.45, 7) is 1.87. The molecule has 1 aromatic carbocycles. The molecule has 126 valence electrons. The number of H-pyrrole nitrogens is 1. The van der Waals surface area contributed by atoms with Crippen LogP contribution >= 0.6 is 0 Å². The molecule has 1 aliphatic rings. The number of benzene rings is 1. The number of rotatable bonds is 2. The van der Waals surface area contributed by atoms with Crippen LogP contribution in [0, 0.1) is 6.92 Å². The second-order valence-electron chi connectivity index (χ2n) is 5.94. The van der Waals surface area contributed by atoms with Crippen molar-refractivity contribution in [1.29, 1.82) is 0 Å². The topological polar surface area (TPSA) is 113 Å². The van der Waals surface area contributed by atoms with E-state index in [-0.39, 0.29) is 23.1 Å². The third kappa shape index (κ3) is 2.57. The molecule has 25 heavy (non-hydrogen) atoms. The fraction of sp³-hybridized carbons (Fsp3) is 0.176. The maximum Gasteiger partial charge on any atom is 0.264 e. The van der Waals surface area contributed by atoms with Gasteiger partial charge >= 0.3 is 0 Å². The average molecular weight is 337 g/mol. The summed E-state index contributed by atoms with van der Waals surface area (Å²) < 4.78 is 1.52. The Balaban J connectivity index is 1.87. The highest BCUT2D eigenvalue weighted by atomic mass is 16.3. The Hall–Kier alpha value is -3.42. The van der Waals surface area contributed by atoms with Gasteiger partial charge in [0.2, 0.25) is 5.91 Å². The number of aromatic hydroxyl groups is 1. The lowest BCUT2D eigenvalue weighted by Gasteiger charge is -2.24. The fourth-order valence-electron chi connectivity index (χ4n) is 3.16. The van der Waals surface area contributed by atoms with Crippen molar-refractivity contribution >= 4 is 11.7 Å². The first-order valence-corrected chi connectivity index (χ1v) is 7.77. The van der Waals surface area contributed by atoms with Gasteiger partial charge in [0.1, 0.15) is 11.6 Å². The number of phenolic OH excluding ortho intramolecular Hbond substituents is 1. The molecule has 8 nitrogen and oxygen atoms in total. The number of nitrogens with one attached hydrogen (secondary N) is 2. The van der Waals surface area contributed by atoms with E-state index in [1.54, 1.807) is 30.3 Å². The van der Waals surface area contributed by atoms with Crippen molar-refractivity contribution in [3.05, 3.63) is 63.6 Å². The molecule has 8 heteroatoms. The van der Waals surface area contributed by atoms with Crippen molar-refractivity contribution in [2.45, 2.75) is 19.3 Å². The summed E-state index contributed by atoms with van der Waals surface area (Å²) in [5.74, 6) is 0.841. The first kappa shape index (κ1) is 15.1. The van der Waals surface area contributed by atoms with Gasteiger partial charge in [-0.2, -0.15) is 14.9 Å². The van der Waals surface area contributed by atoms with Gasteiger partial charge in [0.15, 0.2) is 5.82 Å². The molecule has 0 radical (unpaired) electrons. The zero-order valence-corrected chi connectivity index (χ0v) is 13.4. The van der Waals surface area contributed by atoms with Crippen molar-refractivity contribution in [2.75, 3.05) is 5.32 Å². The van der Waals surface area contributed by atoms with Crippen molar-refractivity contribution in [2.24, 2.45) is 0 Å². The average Bonchev–Trinajstić information content (AvgIpc) is 2.92. The maximum atomic E-state index is 12.2. The second-order valence-corrected chi connectivity index (χ2v) is 5.94. The van der Waals surface area contributed by atoms with Gasteiger partial charge in [-0.15, -0.1) is 0 Å². The predicted molar refractivity (Wildman–Crippen MR) is 89.9 cm³/mol. The van der Waals surface area contributed by atoms with Crippen LogP contribution in [0.4, 0.5) is 5.82 Å². The Morgan fingerprint density at radius 1 is 1.16 bits per heavy atom. The lowest BCUT2D eigenvalue weighted by atomic mass is 9.86. The van der Waals surface area contributed by atoms with Crippen LogP contribution in [0.2, 0.25) is 0 Å². The molecule has 1 aliphatic heterocycles. The molecular weight excluding hydrogens is 322 g/mol. The lowest BCUT2D eigenvalue weighted by molar-refractivity contribution is -0.116. The predicted octanol–water partition coefficient (Wildman–Crippen LogP) is 1.44. The molecule has 3 aromatic rings. The van der Waals surface area contributed by atoms with Crippen LogP contribution in [0.3, 0.4) is 0 Å². The molecule has 3 N–H and O–H groups in total. The van der Waals surface area contributed by atoms with E-state index in [1.165, 1.54) is 10.7 Å². The largest absolute Gasteiger partial charge is 0.508 e. The Morgan fingerprint density at radius 2 is 1.92 bits per heavy atom. The molecule has 0 bridgehead atoms. The molecule has 0 fully saturated rings. The lowest BCUT2D eigenvalue weighted by Crippen LogP contribution is -2.25. The van der Waals surface area contributed by atoms with Crippen LogP contribution < -0.4 is 10.9 Å². The maximum absolute atomic E-state index is 12.2. The van der Waals surface area contributed by atoms with Crippen molar-refractivity contribution < 1.29 is 9.90 Å². The normalized spacial score (nSPS) is 16.4. The molecular formula is C17H15N5O3. The molecule has 0 spiro atoms. The second kappa shape index (κ2) is 5.59. The molecule has 2 aromatic heterocycles. The summed E-state index contributed by atoms with van der Waals surface area (Å²) >= 11 is 0. The molecule has 4 rings (SSSR count). The van der Waals surface area contributed by atoms with Crippen molar-refractivity contribution in [3.8, 4) is 11.6 Å². The van der Waals surface area contributed by atoms with Crippen LogP contribution in [0.5, 0.6) is 5.75 Å². The minimum absolute atomic E-state index is 0.129. The number of nitrogens with zero attached hydrogens (tertiary/aromatic N) is 3. The third-order valence-electron chi connectivity index (χ3n) is 4.28. The summed E-state index contributed by atoms with van der Waals surface area (Å²) in [7, 11) is 0. The first-order chi connectivity index (χ1) is 12.0. The van der Waals surface area contributed by atoms with Gasteiger partial charge in [-0.05, 0) is 30.7 Å². The Bertz CT molecular complexity index is 999. The number of aromatic amines is 1. The Kier molecular flexibility index (Phi) is 3.38. The number of carbonyl (C=O) groups is 1. The number of hydrogen-bond acceptors (Lipinski definition) is 5. The SMILES string of the molecule is Cc1nn(-c2ccc(=O)[nH]n2)c2c1C(c1ccc(O)cc1)CC(=O)N2. The first-order valence-electron chi connectivity index (χ1n) is 7.77. The summed E-state index contributed by atoms with van der Waals surface area (Å²) in [6, 6.07) is 9.71. The molecule has 1 unspecified atom stereocenters. The summed E-state index contributed by atoms with van der Waals surface area (Å²) in [6.07, 6.45) is 0.295. The Labute approximate surface area is 142 Å². The van der Waals surface area contributed by atoms with Crippen LogP contribution in [0.15, 0.2) is 41.2 Å². The van der Waals surface area contributed by atoms with Gasteiger partial charge in [0, 0.05) is 24.0 Å². The van der Waals surface area contributed by atoms with Gasteiger partial charge in [-0.3, -0.25) is 9.59 Å². The highest BCUT2D eigenvalue weighted by Gasteiger charge is 2.32. The highest BCUT2D eigenvalue weighted by Crippen LogP contribution is 2.40. The third-order valence-corrected chi connectivity index (χ3v) is 4.28. The molecule has 1 atom stereocenters. The zero-order valence-electron chi connectivity index (χ0n) is 13.4. The van der Waals surface area contributed by atoms with E-state index in [0.717, 1.165) is 16.8 Å². The monoisotopic (exact) mass is 337 g/mol. The molecule has 0 aliphatic carbocycles. The van der Waals surface area contributed by atoms with Gasteiger partial charge in [-0.25, -0.2) is 5.10 Å². The molecule has 3 heterocycles. The number of carbonyl (C=O) groups excluding carboxylic acids is 1. The van der Waals surface area contributed by atoms with Gasteiger partial charge in [-0.1, -0.05) is 12.1 Å². The van der Waals surface area contributed by atoms with E-state index in [4.69, 9.17) is 0 Å². The van der Waals surface area contributed by atoms with Crippen LogP contribution in [0.1, 0.15) is 29.2 Å². The van der Waals surface area contributed by atoms with Crippen molar-refractivity contribution in [1.82, 2.24) is 20.0 Å². The number of anilines is 1. The number of phenols is 1. The van der Waals surface area contributed by atoms with Gasteiger partial charge < -0.3 is 10.4 Å². The zero-order chi connectivity index (χ0) is 17.6. The standard InChI is InChI=1S/C17H15N5O3/c1-9-16-12(10-2-4-11(23)5-3-10)8-15(25)18-17(16)22(21-9)13-6-7-14(24)20-19-13/h2-7,12,23H,8H2,1H3,(H,18,25)(H,20,24). The molecule has 1 amide bonds. The van der Waals surface area contributed by atoms with E-state index in [2.05, 4.69) is 20.6 Å². The van der Waals surface area contributed by atoms with E-state index < -0.39 is 0 Å². The van der Waals surface area contributed by atoms with E-state index in [1.807, 2.05) is 6.92 Å². The molecule has 0 saturated heterocycles.